The summed E-state index contributed by atoms with van der Waals surface area (Å²) in [7, 11) is 6.82. The molecule has 33 heavy (non-hydrogen) atoms. The molecule has 2 rings (SSSR count). The molecule has 0 unspecified atom stereocenters. The molecule has 2 aromatic carbocycles. The van der Waals surface area contributed by atoms with Gasteiger partial charge in [0.1, 0.15) is 5.75 Å². The Kier molecular flexibility index (Phi) is 12.2. The van der Waals surface area contributed by atoms with Crippen LogP contribution in [0.5, 0.6) is 5.75 Å². The van der Waals surface area contributed by atoms with Gasteiger partial charge in [-0.05, 0) is 67.8 Å². The van der Waals surface area contributed by atoms with E-state index in [2.05, 4.69) is 37.4 Å². The Balaban J connectivity index is 1.47. The number of nitrogens with zero attached hydrogens (tertiary/aromatic N) is 4. The maximum Gasteiger partial charge on any atom is 0.119 e. The third kappa shape index (κ3) is 12.8. The Morgan fingerprint density at radius 1 is 0.667 bits per heavy atom. The van der Waals surface area contributed by atoms with Crippen LogP contribution in [-0.2, 0) is 0 Å². The van der Waals surface area contributed by atoms with Gasteiger partial charge in [-0.3, -0.25) is 0 Å². The summed E-state index contributed by atoms with van der Waals surface area (Å²) in [4.78, 5) is 0. The van der Waals surface area contributed by atoms with Crippen molar-refractivity contribution in [1.29, 1.82) is 5.26 Å². The Bertz CT molecular complexity index is 845. The summed E-state index contributed by atoms with van der Waals surface area (Å²) in [5, 5.41) is 17.3. The molecule has 0 saturated heterocycles. The van der Waals surface area contributed by atoms with Crippen LogP contribution in [0.15, 0.2) is 58.8 Å². The molecule has 2 aromatic rings. The van der Waals surface area contributed by atoms with Crippen molar-refractivity contribution in [3.05, 3.63) is 54.1 Å². The topological polar surface area (TPSA) is 57.7 Å². The average Bonchev–Trinajstić information content (AvgIpc) is 2.81. The number of rotatable bonds is 16. The van der Waals surface area contributed by atoms with E-state index >= 15 is 0 Å². The molecule has 0 aliphatic heterocycles. The van der Waals surface area contributed by atoms with E-state index in [1.807, 2.05) is 24.3 Å². The van der Waals surface area contributed by atoms with Crippen molar-refractivity contribution in [1.82, 2.24) is 0 Å². The van der Waals surface area contributed by atoms with Gasteiger partial charge in [0.05, 0.1) is 57.3 Å². The fraction of sp³-hybridized carbons (Fsp3) is 0.536. The highest BCUT2D eigenvalue weighted by Crippen LogP contribution is 2.22. The van der Waals surface area contributed by atoms with Gasteiger partial charge < -0.3 is 9.22 Å². The van der Waals surface area contributed by atoms with Crippen LogP contribution in [0.4, 0.5) is 11.4 Å². The number of unbranched alkanes of at least 4 members (excludes halogenated alkanes) is 9. The molecule has 0 heterocycles. The van der Waals surface area contributed by atoms with Gasteiger partial charge in [-0.25, -0.2) is 0 Å². The van der Waals surface area contributed by atoms with Crippen LogP contribution in [0, 0.1) is 11.3 Å². The summed E-state index contributed by atoms with van der Waals surface area (Å²) in [5.74, 6) is 0.873. The molecule has 0 saturated carbocycles. The number of nitriles is 1. The highest BCUT2D eigenvalue weighted by atomic mass is 16.5. The second kappa shape index (κ2) is 15.2. The minimum Gasteiger partial charge on any atom is -0.494 e. The second-order valence-electron chi connectivity index (χ2n) is 9.75. The Morgan fingerprint density at radius 2 is 1.12 bits per heavy atom. The van der Waals surface area contributed by atoms with Crippen LogP contribution in [0.3, 0.4) is 0 Å². The number of quaternary nitrogens is 1. The van der Waals surface area contributed by atoms with E-state index in [9.17, 15) is 0 Å². The summed E-state index contributed by atoms with van der Waals surface area (Å²) in [6.45, 7) is 2.05. The summed E-state index contributed by atoms with van der Waals surface area (Å²) in [6.07, 6.45) is 13.3. The third-order valence-corrected chi connectivity index (χ3v) is 5.61. The predicted molar refractivity (Wildman–Crippen MR) is 136 cm³/mol. The Labute approximate surface area is 200 Å². The molecular weight excluding hydrogens is 408 g/mol. The maximum atomic E-state index is 8.83. The lowest BCUT2D eigenvalue weighted by Gasteiger charge is -2.23. The Morgan fingerprint density at radius 3 is 1.61 bits per heavy atom. The summed E-state index contributed by atoms with van der Waals surface area (Å²) in [5.41, 5.74) is 2.12. The molecule has 0 aromatic heterocycles. The molecule has 0 fully saturated rings. The van der Waals surface area contributed by atoms with Gasteiger partial charge in [-0.1, -0.05) is 44.9 Å². The first-order valence-electron chi connectivity index (χ1n) is 12.4. The van der Waals surface area contributed by atoms with Crippen molar-refractivity contribution in [2.45, 2.75) is 64.2 Å². The highest BCUT2D eigenvalue weighted by molar-refractivity contribution is 5.44. The van der Waals surface area contributed by atoms with Crippen LogP contribution in [0.1, 0.15) is 69.8 Å². The van der Waals surface area contributed by atoms with Crippen molar-refractivity contribution in [3.8, 4) is 11.8 Å². The summed E-state index contributed by atoms with van der Waals surface area (Å²) < 4.78 is 6.94. The van der Waals surface area contributed by atoms with Crippen molar-refractivity contribution in [2.24, 2.45) is 10.2 Å². The van der Waals surface area contributed by atoms with Crippen LogP contribution in [0.25, 0.3) is 0 Å². The molecule has 0 aliphatic carbocycles. The standard InChI is InChI=1S/C28H41N4O/c1-32(2,3)22-12-10-8-6-4-5-7-9-11-13-23-33-28-20-18-27(19-21-28)31-30-26-16-14-25(24-29)15-17-26/h14-21H,4-13,22-23H2,1-3H3/q+1. The summed E-state index contributed by atoms with van der Waals surface area (Å²) in [6, 6.07) is 16.8. The van der Waals surface area contributed by atoms with Crippen LogP contribution >= 0.6 is 0 Å². The zero-order chi connectivity index (χ0) is 23.8. The Hall–Kier alpha value is -2.71. The zero-order valence-corrected chi connectivity index (χ0v) is 20.8. The lowest BCUT2D eigenvalue weighted by atomic mass is 10.1. The molecule has 0 spiro atoms. The number of hydrogen-bond acceptors (Lipinski definition) is 4. The van der Waals surface area contributed by atoms with Crippen LogP contribution in [0.2, 0.25) is 0 Å². The fourth-order valence-electron chi connectivity index (χ4n) is 3.62. The number of hydrogen-bond donors (Lipinski definition) is 0. The van der Waals surface area contributed by atoms with Gasteiger partial charge in [0.15, 0.2) is 0 Å². The molecular formula is C28H41N4O+. The number of benzene rings is 2. The van der Waals surface area contributed by atoms with E-state index in [-0.39, 0.29) is 0 Å². The van der Waals surface area contributed by atoms with Crippen LogP contribution in [-0.4, -0.2) is 38.8 Å². The summed E-state index contributed by atoms with van der Waals surface area (Å²) >= 11 is 0. The molecule has 178 valence electrons. The smallest absolute Gasteiger partial charge is 0.119 e. The van der Waals surface area contributed by atoms with Crippen molar-refractivity contribution in [3.63, 3.8) is 0 Å². The first-order chi connectivity index (χ1) is 16.0. The van der Waals surface area contributed by atoms with Crippen molar-refractivity contribution in [2.75, 3.05) is 34.3 Å². The third-order valence-electron chi connectivity index (χ3n) is 5.61. The molecule has 5 heteroatoms. The fourth-order valence-corrected chi connectivity index (χ4v) is 3.62. The van der Waals surface area contributed by atoms with Crippen molar-refractivity contribution >= 4 is 11.4 Å². The van der Waals surface area contributed by atoms with Gasteiger partial charge in [0, 0.05) is 0 Å². The van der Waals surface area contributed by atoms with Gasteiger partial charge >= 0.3 is 0 Å². The van der Waals surface area contributed by atoms with Gasteiger partial charge in [0.2, 0.25) is 0 Å². The number of ether oxygens (including phenoxy) is 1. The lowest BCUT2D eigenvalue weighted by Crippen LogP contribution is -2.35. The van der Waals surface area contributed by atoms with E-state index in [1.165, 1.54) is 64.3 Å². The molecule has 0 atom stereocenters. The number of azo groups is 1. The zero-order valence-electron chi connectivity index (χ0n) is 20.8. The molecule has 0 radical (unpaired) electrons. The van der Waals surface area contributed by atoms with Crippen LogP contribution < -0.4 is 4.74 Å². The minimum atomic E-state index is 0.618. The first kappa shape index (κ1) is 26.5. The average molecular weight is 450 g/mol. The minimum absolute atomic E-state index is 0.618. The van der Waals surface area contributed by atoms with Gasteiger partial charge in [-0.15, -0.1) is 0 Å². The molecule has 5 nitrogen and oxygen atoms in total. The largest absolute Gasteiger partial charge is 0.494 e. The molecule has 0 bridgehead atoms. The molecule has 0 N–H and O–H groups in total. The van der Waals surface area contributed by atoms with Gasteiger partial charge in [0.25, 0.3) is 0 Å². The van der Waals surface area contributed by atoms with Crippen molar-refractivity contribution < 1.29 is 9.22 Å². The highest BCUT2D eigenvalue weighted by Gasteiger charge is 2.05. The predicted octanol–water partition coefficient (Wildman–Crippen LogP) is 7.96. The monoisotopic (exact) mass is 449 g/mol. The van der Waals surface area contributed by atoms with Gasteiger partial charge in [-0.2, -0.15) is 15.5 Å². The van der Waals surface area contributed by atoms with E-state index in [0.717, 1.165) is 34.6 Å². The maximum absolute atomic E-state index is 8.83. The van der Waals surface area contributed by atoms with E-state index in [4.69, 9.17) is 10.00 Å². The lowest BCUT2D eigenvalue weighted by molar-refractivity contribution is -0.870. The quantitative estimate of drug-likeness (QED) is 0.148. The second-order valence-corrected chi connectivity index (χ2v) is 9.75. The SMILES string of the molecule is C[N+](C)(C)CCCCCCCCCCCCOc1ccc(N=Nc2ccc(C#N)cc2)cc1. The molecule has 0 aliphatic rings. The van der Waals surface area contributed by atoms with E-state index in [1.54, 1.807) is 24.3 Å². The van der Waals surface area contributed by atoms with E-state index in [0.29, 0.717) is 5.56 Å². The van der Waals surface area contributed by atoms with E-state index < -0.39 is 0 Å². The normalized spacial score (nSPS) is 11.6. The first-order valence-corrected chi connectivity index (χ1v) is 12.4. The molecule has 0 amide bonds.